The first kappa shape index (κ1) is 24.1. The Morgan fingerprint density at radius 1 is 1.06 bits per heavy atom. The number of ketones is 2. The van der Waals surface area contributed by atoms with Gasteiger partial charge in [-0.3, -0.25) is 9.59 Å². The van der Waals surface area contributed by atoms with Crippen molar-refractivity contribution in [3.8, 4) is 5.75 Å². The predicted molar refractivity (Wildman–Crippen MR) is 117 cm³/mol. The largest absolute Gasteiger partial charge is 0.486 e. The minimum Gasteiger partial charge on any atom is -0.486 e. The molecule has 0 aromatic heterocycles. The zero-order valence-corrected chi connectivity index (χ0v) is 19.1. The maximum Gasteiger partial charge on any atom is 0.446 e. The van der Waals surface area contributed by atoms with Crippen LogP contribution in [0.2, 0.25) is 5.02 Å². The molecule has 0 atom stereocenters. The molecule has 3 saturated carbocycles. The van der Waals surface area contributed by atoms with Crippen LogP contribution in [0.3, 0.4) is 0 Å². The lowest BCUT2D eigenvalue weighted by Crippen LogP contribution is -2.65. The highest BCUT2D eigenvalue weighted by atomic mass is 35.5. The fourth-order valence-corrected chi connectivity index (χ4v) is 5.72. The van der Waals surface area contributed by atoms with Gasteiger partial charge in [0.15, 0.2) is 5.78 Å². The summed E-state index contributed by atoms with van der Waals surface area (Å²) in [4.78, 5) is 25.1. The average Bonchev–Trinajstić information content (AvgIpc) is 2.68. The van der Waals surface area contributed by atoms with Crippen LogP contribution in [0.4, 0.5) is 17.6 Å². The van der Waals surface area contributed by atoms with Crippen LogP contribution in [-0.2, 0) is 16.0 Å². The molecule has 0 N–H and O–H groups in total. The van der Waals surface area contributed by atoms with E-state index in [1.807, 2.05) is 0 Å². The predicted octanol–water partition coefficient (Wildman–Crippen LogP) is 6.80. The Morgan fingerprint density at radius 2 is 1.73 bits per heavy atom. The van der Waals surface area contributed by atoms with Gasteiger partial charge in [0.05, 0.1) is 5.02 Å². The minimum atomic E-state index is -4.32. The molecule has 176 valence electrons. The van der Waals surface area contributed by atoms with Crippen LogP contribution < -0.4 is 4.74 Å². The summed E-state index contributed by atoms with van der Waals surface area (Å²) >= 11 is 5.46. The molecule has 3 nitrogen and oxygen atoms in total. The van der Waals surface area contributed by atoms with Crippen LogP contribution in [0.1, 0.15) is 37.7 Å². The summed E-state index contributed by atoms with van der Waals surface area (Å²) in [6, 6.07) is 10.1. The average molecular weight is 501 g/mol. The number of carbonyl (C=O) groups is 2. The number of benzene rings is 2. The highest BCUT2D eigenvalue weighted by molar-refractivity contribution is 8.00. The maximum absolute atomic E-state index is 13.4. The van der Waals surface area contributed by atoms with Gasteiger partial charge in [0.2, 0.25) is 0 Å². The second-order valence-electron chi connectivity index (χ2n) is 9.01. The van der Waals surface area contributed by atoms with E-state index in [-0.39, 0.29) is 56.4 Å². The highest BCUT2D eigenvalue weighted by Gasteiger charge is 2.70. The monoisotopic (exact) mass is 500 g/mol. The first-order chi connectivity index (χ1) is 15.5. The molecule has 0 heterocycles. The number of carbonyl (C=O) groups excluding carboxylic acids is 2. The third-order valence-corrected chi connectivity index (χ3v) is 7.44. The van der Waals surface area contributed by atoms with E-state index < -0.39 is 11.3 Å². The van der Waals surface area contributed by atoms with E-state index >= 15 is 0 Å². The van der Waals surface area contributed by atoms with Gasteiger partial charge in [-0.05, 0) is 72.7 Å². The van der Waals surface area contributed by atoms with Crippen molar-refractivity contribution >= 4 is 34.9 Å². The molecular weight excluding hydrogens is 480 g/mol. The lowest BCUT2D eigenvalue weighted by Gasteiger charge is -2.70. The van der Waals surface area contributed by atoms with Crippen LogP contribution in [-0.4, -0.2) is 23.7 Å². The quantitative estimate of drug-likeness (QED) is 0.266. The lowest BCUT2D eigenvalue weighted by atomic mass is 9.33. The molecule has 0 saturated heterocycles. The SMILES string of the molecule is O=C(COc1ccc(Cl)c(F)c1)CC12CC(C(=O)CCc3ccc(SC(F)(F)F)cc3)(C1)C2. The number of alkyl halides is 3. The van der Waals surface area contributed by atoms with Crippen molar-refractivity contribution in [2.24, 2.45) is 10.8 Å². The summed E-state index contributed by atoms with van der Waals surface area (Å²) in [6.45, 7) is -0.160. The van der Waals surface area contributed by atoms with E-state index in [9.17, 15) is 27.2 Å². The molecule has 2 aromatic rings. The van der Waals surface area contributed by atoms with E-state index in [1.54, 1.807) is 12.1 Å². The van der Waals surface area contributed by atoms with Crippen molar-refractivity contribution in [1.82, 2.24) is 0 Å². The number of aryl methyl sites for hydroxylation is 1. The first-order valence-corrected chi connectivity index (χ1v) is 11.6. The van der Waals surface area contributed by atoms with Crippen molar-refractivity contribution in [1.29, 1.82) is 0 Å². The van der Waals surface area contributed by atoms with Crippen molar-refractivity contribution < 1.29 is 31.9 Å². The van der Waals surface area contributed by atoms with E-state index in [4.69, 9.17) is 16.3 Å². The first-order valence-electron chi connectivity index (χ1n) is 10.5. The van der Waals surface area contributed by atoms with Crippen LogP contribution in [0.15, 0.2) is 47.4 Å². The molecular formula is C24H21ClF4O3S. The van der Waals surface area contributed by atoms with Crippen LogP contribution in [0, 0.1) is 16.6 Å². The van der Waals surface area contributed by atoms with Gasteiger partial charge in [-0.1, -0.05) is 23.7 Å². The zero-order chi connectivity index (χ0) is 23.9. The van der Waals surface area contributed by atoms with Gasteiger partial charge >= 0.3 is 5.51 Å². The van der Waals surface area contributed by atoms with E-state index in [1.165, 1.54) is 24.3 Å². The Kier molecular flexibility index (Phi) is 6.53. The Morgan fingerprint density at radius 3 is 2.33 bits per heavy atom. The Hall–Kier alpha value is -2.06. The standard InChI is InChI=1S/C24H21ClF4O3S/c25-19-7-4-17(9-20(19)26)32-11-16(30)10-22-12-23(13-22,14-22)21(31)8-3-15-1-5-18(6-2-15)33-24(27,28)29/h1-2,4-7,9H,3,8,10-14H2. The number of ether oxygens (including phenoxy) is 1. The lowest BCUT2D eigenvalue weighted by molar-refractivity contribution is -0.208. The van der Waals surface area contributed by atoms with E-state index in [0.717, 1.165) is 11.6 Å². The summed E-state index contributed by atoms with van der Waals surface area (Å²) in [5.41, 5.74) is -3.99. The number of Topliss-reactive ketones (excluding diaryl/α,β-unsaturated/α-hetero) is 2. The molecule has 0 amide bonds. The van der Waals surface area contributed by atoms with Gasteiger partial charge in [-0.2, -0.15) is 13.2 Å². The summed E-state index contributed by atoms with van der Waals surface area (Å²) in [5, 5.41) is -0.0185. The molecule has 5 rings (SSSR count). The van der Waals surface area contributed by atoms with Crippen LogP contribution in [0.25, 0.3) is 0 Å². The third-order valence-electron chi connectivity index (χ3n) is 6.39. The second-order valence-corrected chi connectivity index (χ2v) is 10.6. The molecule has 3 aliphatic rings. The van der Waals surface area contributed by atoms with Crippen molar-refractivity contribution in [3.63, 3.8) is 0 Å². The highest BCUT2D eigenvalue weighted by Crippen LogP contribution is 2.75. The Balaban J connectivity index is 1.19. The smallest absolute Gasteiger partial charge is 0.446 e. The second kappa shape index (κ2) is 8.95. The Labute approximate surface area is 197 Å². The molecule has 0 radical (unpaired) electrons. The molecule has 0 aliphatic heterocycles. The van der Waals surface area contributed by atoms with Gasteiger partial charge in [0.1, 0.15) is 24.0 Å². The maximum atomic E-state index is 13.4. The molecule has 2 bridgehead atoms. The number of rotatable bonds is 10. The summed E-state index contributed by atoms with van der Waals surface area (Å²) in [6.07, 6.45) is 3.19. The molecule has 9 heteroatoms. The Bertz CT molecular complexity index is 1050. The molecule has 33 heavy (non-hydrogen) atoms. The minimum absolute atomic E-state index is 0.0185. The van der Waals surface area contributed by atoms with Gasteiger partial charge in [-0.25, -0.2) is 4.39 Å². The summed E-state index contributed by atoms with van der Waals surface area (Å²) in [5.74, 6) is -0.321. The fraction of sp³-hybridized carbons (Fsp3) is 0.417. The zero-order valence-electron chi connectivity index (χ0n) is 17.5. The van der Waals surface area contributed by atoms with E-state index in [0.29, 0.717) is 38.5 Å². The van der Waals surface area contributed by atoms with Gasteiger partial charge in [-0.15, -0.1) is 0 Å². The van der Waals surface area contributed by atoms with Gasteiger partial charge in [0.25, 0.3) is 0 Å². The van der Waals surface area contributed by atoms with E-state index in [2.05, 4.69) is 0 Å². The topological polar surface area (TPSA) is 43.4 Å². The summed E-state index contributed by atoms with van der Waals surface area (Å²) in [7, 11) is 0. The van der Waals surface area contributed by atoms with Crippen molar-refractivity contribution in [3.05, 3.63) is 58.9 Å². The molecule has 3 aliphatic carbocycles. The summed E-state index contributed by atoms with van der Waals surface area (Å²) < 4.78 is 56.0. The number of thioether (sulfide) groups is 1. The van der Waals surface area contributed by atoms with Crippen molar-refractivity contribution in [2.45, 2.75) is 48.9 Å². The van der Waals surface area contributed by atoms with Crippen LogP contribution >= 0.6 is 23.4 Å². The van der Waals surface area contributed by atoms with Gasteiger partial charge in [0, 0.05) is 29.2 Å². The van der Waals surface area contributed by atoms with Crippen LogP contribution in [0.5, 0.6) is 5.75 Å². The van der Waals surface area contributed by atoms with Gasteiger partial charge < -0.3 is 4.74 Å². The third kappa shape index (κ3) is 5.54. The van der Waals surface area contributed by atoms with Crippen molar-refractivity contribution in [2.75, 3.05) is 6.61 Å². The normalized spacial score (nSPS) is 23.4. The molecule has 2 aromatic carbocycles. The fourth-order valence-electron chi connectivity index (χ4n) is 5.06. The number of halogens is 5. The number of hydrogen-bond donors (Lipinski definition) is 0. The number of hydrogen-bond acceptors (Lipinski definition) is 4. The molecule has 0 spiro atoms. The molecule has 3 fully saturated rings. The molecule has 0 unspecified atom stereocenters.